The molecule has 0 bridgehead atoms. The molecule has 0 aromatic heterocycles. The fourth-order valence-electron chi connectivity index (χ4n) is 2.48. The minimum atomic E-state index is -0.224. The molecule has 0 atom stereocenters. The van der Waals surface area contributed by atoms with Gasteiger partial charge in [0.2, 0.25) is 0 Å². The molecule has 0 amide bonds. The summed E-state index contributed by atoms with van der Waals surface area (Å²) < 4.78 is 13.7. The van der Waals surface area contributed by atoms with Crippen LogP contribution in [0.25, 0.3) is 0 Å². The van der Waals surface area contributed by atoms with E-state index in [1.54, 1.807) is 6.07 Å². The van der Waals surface area contributed by atoms with Crippen molar-refractivity contribution >= 4 is 17.3 Å². The van der Waals surface area contributed by atoms with Gasteiger partial charge in [-0.2, -0.15) is 0 Å². The van der Waals surface area contributed by atoms with Gasteiger partial charge in [0.15, 0.2) is 0 Å². The summed E-state index contributed by atoms with van der Waals surface area (Å²) in [5.74, 6) is -0.0204. The monoisotopic (exact) mass is 261 g/mol. The third-order valence-corrected chi connectivity index (χ3v) is 3.68. The highest BCUT2D eigenvalue weighted by molar-refractivity contribution is 6.17. The van der Waals surface area contributed by atoms with Crippen molar-refractivity contribution in [3.63, 3.8) is 0 Å². The lowest BCUT2D eigenvalue weighted by Gasteiger charge is -2.21. The van der Waals surface area contributed by atoms with E-state index in [2.05, 4.69) is 17.0 Å². The molecule has 0 fully saturated rings. The maximum Gasteiger partial charge on any atom is 0.129 e. The summed E-state index contributed by atoms with van der Waals surface area (Å²) >= 11 is 5.86. The summed E-state index contributed by atoms with van der Waals surface area (Å²) in [5.41, 5.74) is 4.11. The Morgan fingerprint density at radius 3 is 2.28 bits per heavy atom. The van der Waals surface area contributed by atoms with Crippen LogP contribution in [0.5, 0.6) is 0 Å². The zero-order valence-electron chi connectivity index (χ0n) is 9.87. The van der Waals surface area contributed by atoms with Crippen molar-refractivity contribution in [3.05, 3.63) is 65.0 Å². The molecular weight excluding hydrogens is 249 g/mol. The average Bonchev–Trinajstić information content (AvgIpc) is 2.82. The predicted octanol–water partition coefficient (Wildman–Crippen LogP) is 4.08. The van der Waals surface area contributed by atoms with Gasteiger partial charge in [-0.05, 0) is 23.3 Å². The van der Waals surface area contributed by atoms with E-state index in [0.717, 1.165) is 18.8 Å². The summed E-state index contributed by atoms with van der Waals surface area (Å²) in [6.07, 6.45) is 0. The van der Waals surface area contributed by atoms with Crippen LogP contribution in [0.3, 0.4) is 0 Å². The number of anilines is 1. The molecule has 0 radical (unpaired) electrons. The number of hydrogen-bond acceptors (Lipinski definition) is 1. The molecule has 0 N–H and O–H groups in total. The zero-order valence-corrected chi connectivity index (χ0v) is 10.6. The van der Waals surface area contributed by atoms with E-state index in [9.17, 15) is 4.39 Å². The normalized spacial score (nSPS) is 13.8. The van der Waals surface area contributed by atoms with E-state index in [1.807, 2.05) is 18.2 Å². The van der Waals surface area contributed by atoms with E-state index in [1.165, 1.54) is 17.2 Å². The van der Waals surface area contributed by atoms with Crippen LogP contribution in [-0.2, 0) is 19.0 Å². The van der Waals surface area contributed by atoms with Crippen LogP contribution in [0.4, 0.5) is 10.1 Å². The average molecular weight is 262 g/mol. The van der Waals surface area contributed by atoms with Gasteiger partial charge in [-0.1, -0.05) is 30.3 Å². The molecule has 1 aliphatic heterocycles. The Labute approximate surface area is 111 Å². The molecule has 2 aromatic carbocycles. The Bertz CT molecular complexity index is 557. The Morgan fingerprint density at radius 1 is 1.00 bits per heavy atom. The number of halogens is 2. The highest BCUT2D eigenvalue weighted by Gasteiger charge is 2.21. The fourth-order valence-corrected chi connectivity index (χ4v) is 2.74. The molecule has 0 saturated heterocycles. The van der Waals surface area contributed by atoms with Gasteiger partial charge in [-0.3, -0.25) is 0 Å². The second-order valence-corrected chi connectivity index (χ2v) is 4.76. The van der Waals surface area contributed by atoms with E-state index in [-0.39, 0.29) is 11.7 Å². The fraction of sp³-hybridized carbons (Fsp3) is 0.200. The maximum absolute atomic E-state index is 13.7. The molecule has 3 heteroatoms. The van der Waals surface area contributed by atoms with Gasteiger partial charge in [-0.15, -0.1) is 11.6 Å². The molecule has 0 saturated carbocycles. The lowest BCUT2D eigenvalue weighted by Crippen LogP contribution is -2.16. The highest BCUT2D eigenvalue weighted by atomic mass is 35.5. The molecule has 18 heavy (non-hydrogen) atoms. The summed E-state index contributed by atoms with van der Waals surface area (Å²) in [4.78, 5) is 2.17. The van der Waals surface area contributed by atoms with Gasteiger partial charge >= 0.3 is 0 Å². The SMILES string of the molecule is Fc1cccc(N2Cc3ccccc3C2)c1CCl. The number of alkyl halides is 1. The van der Waals surface area contributed by atoms with Crippen LogP contribution < -0.4 is 4.90 Å². The van der Waals surface area contributed by atoms with Crippen LogP contribution in [0.15, 0.2) is 42.5 Å². The second-order valence-electron chi connectivity index (χ2n) is 4.50. The molecule has 0 unspecified atom stereocenters. The molecule has 1 heterocycles. The van der Waals surface area contributed by atoms with Gasteiger partial charge in [-0.25, -0.2) is 4.39 Å². The Morgan fingerprint density at radius 2 is 1.67 bits per heavy atom. The molecule has 1 nitrogen and oxygen atoms in total. The van der Waals surface area contributed by atoms with Crippen molar-refractivity contribution in [1.82, 2.24) is 0 Å². The first-order valence-corrected chi connectivity index (χ1v) is 6.48. The third kappa shape index (κ3) is 1.87. The number of fused-ring (bicyclic) bond motifs is 1. The van der Waals surface area contributed by atoms with Gasteiger partial charge in [0.05, 0.1) is 5.88 Å². The van der Waals surface area contributed by atoms with Crippen molar-refractivity contribution < 1.29 is 4.39 Å². The van der Waals surface area contributed by atoms with Crippen molar-refractivity contribution in [2.45, 2.75) is 19.0 Å². The molecule has 1 aliphatic rings. The van der Waals surface area contributed by atoms with Crippen molar-refractivity contribution in [1.29, 1.82) is 0 Å². The van der Waals surface area contributed by atoms with Gasteiger partial charge < -0.3 is 4.90 Å². The molecular formula is C15H13ClFN. The number of benzene rings is 2. The first kappa shape index (κ1) is 11.5. The summed E-state index contributed by atoms with van der Waals surface area (Å²) in [7, 11) is 0. The topological polar surface area (TPSA) is 3.24 Å². The third-order valence-electron chi connectivity index (χ3n) is 3.41. The van der Waals surface area contributed by atoms with E-state index in [4.69, 9.17) is 11.6 Å². The lowest BCUT2D eigenvalue weighted by atomic mass is 10.1. The number of nitrogens with zero attached hydrogens (tertiary/aromatic N) is 1. The van der Waals surface area contributed by atoms with Crippen LogP contribution in [0.1, 0.15) is 16.7 Å². The summed E-state index contributed by atoms with van der Waals surface area (Å²) in [6, 6.07) is 13.5. The first-order valence-electron chi connectivity index (χ1n) is 5.94. The lowest BCUT2D eigenvalue weighted by molar-refractivity contribution is 0.615. The molecule has 2 aromatic rings. The highest BCUT2D eigenvalue weighted by Crippen LogP contribution is 2.32. The number of rotatable bonds is 2. The van der Waals surface area contributed by atoms with Gasteiger partial charge in [0.25, 0.3) is 0 Å². The summed E-state index contributed by atoms with van der Waals surface area (Å²) in [6.45, 7) is 1.65. The van der Waals surface area contributed by atoms with E-state index in [0.29, 0.717) is 5.56 Å². The van der Waals surface area contributed by atoms with Crippen LogP contribution >= 0.6 is 11.6 Å². The molecule has 92 valence electrons. The van der Waals surface area contributed by atoms with Crippen LogP contribution in [0, 0.1) is 5.82 Å². The second kappa shape index (κ2) is 4.62. The Kier molecular flexibility index (Phi) is 2.96. The van der Waals surface area contributed by atoms with Crippen molar-refractivity contribution in [2.24, 2.45) is 0 Å². The number of hydrogen-bond donors (Lipinski definition) is 0. The van der Waals surface area contributed by atoms with Crippen molar-refractivity contribution in [3.8, 4) is 0 Å². The van der Waals surface area contributed by atoms with E-state index < -0.39 is 0 Å². The summed E-state index contributed by atoms with van der Waals surface area (Å²) in [5, 5.41) is 0. The molecule has 0 aliphatic carbocycles. The van der Waals surface area contributed by atoms with Crippen LogP contribution in [0.2, 0.25) is 0 Å². The Balaban J connectivity index is 1.97. The minimum Gasteiger partial charge on any atom is -0.363 e. The molecule has 0 spiro atoms. The largest absolute Gasteiger partial charge is 0.363 e. The minimum absolute atomic E-state index is 0.203. The van der Waals surface area contributed by atoms with Crippen LogP contribution in [-0.4, -0.2) is 0 Å². The molecule has 3 rings (SSSR count). The van der Waals surface area contributed by atoms with Crippen molar-refractivity contribution in [2.75, 3.05) is 4.90 Å². The Hall–Kier alpha value is -1.54. The van der Waals surface area contributed by atoms with Gasteiger partial charge in [0.1, 0.15) is 5.82 Å². The van der Waals surface area contributed by atoms with E-state index >= 15 is 0 Å². The first-order chi connectivity index (χ1) is 8.79. The smallest absolute Gasteiger partial charge is 0.129 e. The standard InChI is InChI=1S/C15H13ClFN/c16-8-13-14(17)6-3-7-15(13)18-9-11-4-1-2-5-12(11)10-18/h1-7H,8-10H2. The maximum atomic E-state index is 13.7. The zero-order chi connectivity index (χ0) is 12.5. The predicted molar refractivity (Wildman–Crippen MR) is 72.3 cm³/mol. The quantitative estimate of drug-likeness (QED) is 0.736. The van der Waals surface area contributed by atoms with Gasteiger partial charge in [0, 0.05) is 24.3 Å².